The van der Waals surface area contributed by atoms with Gasteiger partial charge >= 0.3 is 0 Å². The summed E-state index contributed by atoms with van der Waals surface area (Å²) < 4.78 is 22.7. The van der Waals surface area contributed by atoms with Crippen LogP contribution in [0, 0.1) is 52.3 Å². The first-order valence-corrected chi connectivity index (χ1v) is 50.8. The Bertz CT molecular complexity index is 5720. The Morgan fingerprint density at radius 2 is 0.679 bits per heavy atom. The minimum atomic E-state index is -0.956. The third-order valence-electron chi connectivity index (χ3n) is 34.9. The van der Waals surface area contributed by atoms with Crippen molar-refractivity contribution in [3.63, 3.8) is 0 Å². The molecule has 4 aliphatic heterocycles. The van der Waals surface area contributed by atoms with Crippen LogP contribution >= 0.6 is 11.6 Å². The standard InChI is InChI=1S/C29H34ClN3O2.C29H36N4O2.C28H34N4O2.C24H33N3O3/c1-35-23-12-14-28(15-13-23)17-21-11-10-20(9-8-19-6-7-19)16-24(21)29(28)26(34)33(27(31)32-29)18-22-4-2-3-5-25(22)30;1-19-3-10-23(31-17-19)18-33-26(34)29(32-27(33)30)25-15-21(7-6-20-4-5-20)8-9-22(25)16-28(29)13-11-24(35-2)12-14-28;1-34-23-11-13-27(14-12-23)17-21-10-9-20(8-7-19-5-6-19)16-24(21)28(27)25(33)32(26(29)31-28)18-22-4-2-3-15-30-22;1-30-19-8-10-23(11-9-19)15-18-7-6-17(5-4-16-2-3-16)14-20(18)24(23)21(29)27(12-13-28)22(25)26-24/h2-5,10-11,16,19,23H,6-9,12-15,17-18H2,1H3,(H2,31,32);3,8-10,15,17,20,24H,4-7,11-14,16,18H2,1-2H3,(H2,30,32);2-4,9-10,15-16,19,23H,5-8,11-14,17-18H2,1H3,(H2,29,31);6-7,14,16,19,28H,2-5,8-13,15H2,1H3,(H2,25,26). The molecule has 2 aromatic heterocycles. The van der Waals surface area contributed by atoms with Crippen LogP contribution in [0.15, 0.2) is 160 Å². The number of halogens is 1. The Kier molecular flexibility index (Phi) is 25.4. The van der Waals surface area contributed by atoms with Crippen molar-refractivity contribution >= 4 is 59.1 Å². The number of guanidine groups is 4. The number of aryl methyl sites for hydroxylation is 5. The molecular formula is C110H137ClN14O9. The van der Waals surface area contributed by atoms with E-state index < -0.39 is 22.2 Å². The van der Waals surface area contributed by atoms with Crippen LogP contribution < -0.4 is 22.9 Å². The van der Waals surface area contributed by atoms with Crippen molar-refractivity contribution in [1.29, 1.82) is 0 Å². The molecule has 8 saturated carbocycles. The number of aromatic nitrogens is 2. The summed E-state index contributed by atoms with van der Waals surface area (Å²) in [6.45, 7) is 3.13. The molecule has 134 heavy (non-hydrogen) atoms. The van der Waals surface area contributed by atoms with Gasteiger partial charge in [-0.3, -0.25) is 48.7 Å². The number of pyridine rings is 2. The number of aliphatic hydroxyl groups is 1. The number of nitrogens with two attached hydrogens (primary N) is 4. The van der Waals surface area contributed by atoms with E-state index in [2.05, 4.69) is 82.8 Å². The van der Waals surface area contributed by atoms with Crippen molar-refractivity contribution in [2.75, 3.05) is 41.6 Å². The summed E-state index contributed by atoms with van der Waals surface area (Å²) in [6, 6.07) is 44.6. The Morgan fingerprint density at radius 3 is 0.970 bits per heavy atom. The van der Waals surface area contributed by atoms with E-state index in [1.165, 1.54) is 126 Å². The second kappa shape index (κ2) is 37.0. The van der Waals surface area contributed by atoms with Crippen LogP contribution in [0.25, 0.3) is 0 Å². The Hall–Kier alpha value is -9.75. The number of benzene rings is 5. The van der Waals surface area contributed by atoms with Crippen molar-refractivity contribution in [3.8, 4) is 0 Å². The number of aliphatic hydroxyl groups excluding tert-OH is 1. The number of aliphatic imine (C=N–C) groups is 4. The average Bonchev–Trinajstić information content (AvgIpc) is 1.55. The second-order valence-electron chi connectivity index (χ2n) is 42.8. The predicted octanol–water partition coefficient (Wildman–Crippen LogP) is 16.4. The minimum absolute atomic E-state index is 0.00359. The van der Waals surface area contributed by atoms with Crippen LogP contribution in [0.5, 0.6) is 0 Å². The van der Waals surface area contributed by atoms with Crippen molar-refractivity contribution < 1.29 is 43.2 Å². The lowest BCUT2D eigenvalue weighted by Gasteiger charge is -2.45. The van der Waals surface area contributed by atoms with Gasteiger partial charge in [0.05, 0.1) is 68.6 Å². The molecule has 9 N–H and O–H groups in total. The van der Waals surface area contributed by atoms with E-state index >= 15 is 0 Å². The maximum absolute atomic E-state index is 14.5. The van der Waals surface area contributed by atoms with Gasteiger partial charge in [0.15, 0.2) is 46.0 Å². The Labute approximate surface area is 795 Å². The zero-order valence-corrected chi connectivity index (χ0v) is 80.0. The van der Waals surface area contributed by atoms with Gasteiger partial charge in [-0.05, 0) is 313 Å². The van der Waals surface area contributed by atoms with E-state index in [9.17, 15) is 24.3 Å². The highest BCUT2D eigenvalue weighted by molar-refractivity contribution is 6.31. The summed E-state index contributed by atoms with van der Waals surface area (Å²) in [7, 11) is 7.14. The largest absolute Gasteiger partial charge is 0.395 e. The molecule has 4 unspecified atom stereocenters. The van der Waals surface area contributed by atoms with Crippen LogP contribution in [0.2, 0.25) is 5.02 Å². The third kappa shape index (κ3) is 16.5. The van der Waals surface area contributed by atoms with Crippen molar-refractivity contribution in [3.05, 3.63) is 234 Å². The van der Waals surface area contributed by atoms with Crippen LogP contribution in [0.4, 0.5) is 0 Å². The number of hydrogen-bond donors (Lipinski definition) is 5. The zero-order valence-electron chi connectivity index (χ0n) is 79.3. The van der Waals surface area contributed by atoms with Gasteiger partial charge in [-0.1, -0.05) is 166 Å². The zero-order chi connectivity index (χ0) is 92.7. The molecule has 16 aliphatic rings. The molecule has 24 heteroatoms. The number of fused-ring (bicyclic) bond motifs is 12. The fourth-order valence-electron chi connectivity index (χ4n) is 26.4. The average molecular weight is 1830 g/mol. The first-order valence-electron chi connectivity index (χ1n) is 50.4. The number of carbonyl (C=O) groups excluding carboxylic acids is 4. The van der Waals surface area contributed by atoms with E-state index in [0.29, 0.717) is 42.5 Å². The number of rotatable bonds is 24. The van der Waals surface area contributed by atoms with Crippen LogP contribution in [-0.2, 0) is 131 Å². The molecule has 12 aliphatic carbocycles. The van der Waals surface area contributed by atoms with Gasteiger partial charge in [0.25, 0.3) is 23.6 Å². The minimum Gasteiger partial charge on any atom is -0.395 e. The quantitative estimate of drug-likeness (QED) is 0.0375. The highest BCUT2D eigenvalue weighted by Crippen LogP contribution is 2.67. The van der Waals surface area contributed by atoms with Gasteiger partial charge in [0.2, 0.25) is 0 Å². The molecule has 7 aromatic rings. The maximum atomic E-state index is 14.5. The number of β-amino-alcohol motifs (C(OH)–C–C–N with tert-alkyl or cyclic N) is 1. The normalized spacial score (nSPS) is 30.6. The fourth-order valence-corrected chi connectivity index (χ4v) is 26.6. The molecule has 4 amide bonds. The number of methoxy groups -OCH3 is 4. The van der Waals surface area contributed by atoms with E-state index in [4.69, 9.17) is 73.5 Å². The number of carbonyl (C=O) groups is 4. The smallest absolute Gasteiger partial charge is 0.262 e. The SMILES string of the molecule is COC1CCC2(CC1)Cc1ccc(CCC3CC3)cc1C21N=C(N)N(CCO)C1=O.COC1CCC2(CC1)Cc1ccc(CCC3CC3)cc1C21N=C(N)N(Cc2ccc(C)cn2)C1=O.COC1CCC2(CC1)Cc1ccc(CCC3CC3)cc1C21N=C(N)N(Cc2ccccc2Cl)C1=O.COC1CCC2(CC1)Cc1ccc(CCC3CC3)cc1C21N=C(N)N(Cc2ccccn2)C1=O. The molecule has 23 rings (SSSR count). The van der Waals surface area contributed by atoms with E-state index in [-0.39, 0.29) is 88.8 Å². The molecule has 708 valence electrons. The molecular weight excluding hydrogens is 1700 g/mol. The van der Waals surface area contributed by atoms with Crippen LogP contribution in [0.3, 0.4) is 0 Å². The lowest BCUT2D eigenvalue weighted by Crippen LogP contribution is -2.52. The predicted molar refractivity (Wildman–Crippen MR) is 520 cm³/mol. The maximum Gasteiger partial charge on any atom is 0.262 e. The number of amides is 4. The topological polar surface area (TPSA) is 318 Å². The fraction of sp³-hybridized carbons (Fsp3) is 0.564. The molecule has 0 saturated heterocycles. The molecule has 6 heterocycles. The van der Waals surface area contributed by atoms with Gasteiger partial charge in [-0.15, -0.1) is 0 Å². The van der Waals surface area contributed by atoms with Crippen LogP contribution in [-0.4, -0.2) is 148 Å². The van der Waals surface area contributed by atoms with E-state index in [1.807, 2.05) is 67.7 Å². The lowest BCUT2D eigenvalue weighted by molar-refractivity contribution is -0.139. The van der Waals surface area contributed by atoms with Crippen molar-refractivity contribution in [2.24, 2.45) is 88.2 Å². The van der Waals surface area contributed by atoms with Crippen molar-refractivity contribution in [1.82, 2.24) is 29.6 Å². The first-order chi connectivity index (χ1) is 65.0. The highest BCUT2D eigenvalue weighted by atomic mass is 35.5. The summed E-state index contributed by atoms with van der Waals surface area (Å²) in [5.74, 6) is 4.70. The molecule has 23 nitrogen and oxygen atoms in total. The number of hydrogen-bond acceptors (Lipinski definition) is 19. The third-order valence-corrected chi connectivity index (χ3v) is 35.3. The molecule has 5 aromatic carbocycles. The summed E-state index contributed by atoms with van der Waals surface area (Å²) in [6.07, 6.45) is 42.9. The highest BCUT2D eigenvalue weighted by Gasteiger charge is 2.71. The molecule has 0 bridgehead atoms. The summed E-state index contributed by atoms with van der Waals surface area (Å²) >= 11 is 6.46. The molecule has 8 spiro atoms. The number of nitrogens with zero attached hydrogens (tertiary/aromatic N) is 10. The molecule has 8 fully saturated rings. The summed E-state index contributed by atoms with van der Waals surface area (Å²) in [5.41, 5.74) is 39.3. The lowest BCUT2D eigenvalue weighted by atomic mass is 9.61. The van der Waals surface area contributed by atoms with Gasteiger partial charge in [-0.2, -0.15) is 0 Å². The van der Waals surface area contributed by atoms with E-state index in [0.717, 1.165) is 223 Å². The molecule has 0 radical (unpaired) electrons. The van der Waals surface area contributed by atoms with Gasteiger partial charge in [0, 0.05) is 67.5 Å². The summed E-state index contributed by atoms with van der Waals surface area (Å²) in [4.78, 5) is 93.0. The second-order valence-corrected chi connectivity index (χ2v) is 43.2. The molecule has 4 atom stereocenters. The van der Waals surface area contributed by atoms with E-state index in [1.54, 1.807) is 49.3 Å². The first kappa shape index (κ1) is 92.0. The van der Waals surface area contributed by atoms with Gasteiger partial charge in [0.1, 0.15) is 0 Å². The summed E-state index contributed by atoms with van der Waals surface area (Å²) in [5, 5.41) is 10.1. The number of ether oxygens (including phenoxy) is 4. The van der Waals surface area contributed by atoms with Gasteiger partial charge < -0.3 is 47.0 Å². The Morgan fingerprint density at radius 1 is 0.373 bits per heavy atom. The van der Waals surface area contributed by atoms with Crippen molar-refractivity contribution in [2.45, 2.75) is 304 Å². The van der Waals surface area contributed by atoms with Crippen LogP contribution in [0.1, 0.15) is 269 Å². The van der Waals surface area contributed by atoms with Gasteiger partial charge in [-0.25, -0.2) is 20.0 Å². The monoisotopic (exact) mass is 1830 g/mol. The Balaban J connectivity index is 0.000000111.